The van der Waals surface area contributed by atoms with Crippen LogP contribution in [-0.4, -0.2) is 5.54 Å². The molecule has 1 heteroatoms. The first-order valence-corrected chi connectivity index (χ1v) is 9.04. The van der Waals surface area contributed by atoms with E-state index in [0.29, 0.717) is 5.92 Å². The van der Waals surface area contributed by atoms with E-state index in [4.69, 9.17) is 5.73 Å². The summed E-state index contributed by atoms with van der Waals surface area (Å²) in [5, 5.41) is 0. The summed E-state index contributed by atoms with van der Waals surface area (Å²) in [5.74, 6) is 0.664. The lowest BCUT2D eigenvalue weighted by Gasteiger charge is -2.17. The van der Waals surface area contributed by atoms with Crippen molar-refractivity contribution in [2.45, 2.75) is 63.3 Å². The van der Waals surface area contributed by atoms with Crippen molar-refractivity contribution in [3.63, 3.8) is 0 Å². The molecule has 1 fully saturated rings. The molecule has 0 aromatic heterocycles. The largest absolute Gasteiger partial charge is 0.325 e. The molecule has 2 aromatic carbocycles. The number of aryl methyl sites for hydroxylation is 2. The normalized spacial score (nSPS) is 24.0. The van der Waals surface area contributed by atoms with Gasteiger partial charge in [-0.3, -0.25) is 0 Å². The van der Waals surface area contributed by atoms with Crippen LogP contribution in [0.2, 0.25) is 0 Å². The van der Waals surface area contributed by atoms with Gasteiger partial charge in [-0.25, -0.2) is 0 Å². The predicted octanol–water partition coefficient (Wildman–Crippen LogP) is 5.24. The maximum absolute atomic E-state index is 6.26. The van der Waals surface area contributed by atoms with Crippen LogP contribution < -0.4 is 5.73 Å². The molecular weight excluding hydrogens is 278 g/mol. The van der Waals surface area contributed by atoms with Crippen molar-refractivity contribution in [2.75, 3.05) is 0 Å². The molecule has 1 nitrogen and oxygen atoms in total. The Morgan fingerprint density at radius 2 is 1.52 bits per heavy atom. The van der Waals surface area contributed by atoms with E-state index in [9.17, 15) is 0 Å². The molecule has 0 heterocycles. The van der Waals surface area contributed by atoms with Gasteiger partial charge in [0.15, 0.2) is 0 Å². The van der Waals surface area contributed by atoms with Gasteiger partial charge in [-0.15, -0.1) is 0 Å². The fourth-order valence-electron chi connectivity index (χ4n) is 3.81. The zero-order valence-corrected chi connectivity index (χ0v) is 14.3. The van der Waals surface area contributed by atoms with Crippen molar-refractivity contribution in [3.8, 4) is 0 Å². The summed E-state index contributed by atoms with van der Waals surface area (Å²) < 4.78 is 0. The minimum absolute atomic E-state index is 0.0424. The van der Waals surface area contributed by atoms with E-state index in [-0.39, 0.29) is 5.54 Å². The van der Waals surface area contributed by atoms with E-state index in [2.05, 4.69) is 61.5 Å². The summed E-state index contributed by atoms with van der Waals surface area (Å²) in [6.07, 6.45) is 8.42. The summed E-state index contributed by atoms with van der Waals surface area (Å²) in [6, 6.07) is 20.1. The molecule has 0 spiro atoms. The lowest BCUT2D eigenvalue weighted by atomic mass is 9.93. The molecule has 23 heavy (non-hydrogen) atoms. The first-order valence-electron chi connectivity index (χ1n) is 9.04. The Kier molecular flexibility index (Phi) is 5.17. The predicted molar refractivity (Wildman–Crippen MR) is 98.7 cm³/mol. The lowest BCUT2D eigenvalue weighted by molar-refractivity contribution is 0.479. The number of benzene rings is 2. The van der Waals surface area contributed by atoms with Crippen LogP contribution in [-0.2, 0) is 12.8 Å². The number of nitrogens with two attached hydrogens (primary N) is 1. The first-order chi connectivity index (χ1) is 11.1. The fourth-order valence-corrected chi connectivity index (χ4v) is 3.81. The van der Waals surface area contributed by atoms with Crippen LogP contribution in [0.25, 0.3) is 0 Å². The highest BCUT2D eigenvalue weighted by atomic mass is 14.7. The second-order valence-electron chi connectivity index (χ2n) is 7.53. The number of hydrogen-bond acceptors (Lipinski definition) is 1. The summed E-state index contributed by atoms with van der Waals surface area (Å²) in [7, 11) is 0. The fraction of sp³-hybridized carbons (Fsp3) is 0.455. The van der Waals surface area contributed by atoms with Gasteiger partial charge in [-0.2, -0.15) is 0 Å². The van der Waals surface area contributed by atoms with Crippen molar-refractivity contribution < 1.29 is 0 Å². The van der Waals surface area contributed by atoms with E-state index >= 15 is 0 Å². The molecular formula is C22H29N. The maximum atomic E-state index is 6.26. The SMILES string of the molecule is C[C@@]1(N)CC[C@H](c2ccc(CCCCc3ccccc3)cc2)C1. The Morgan fingerprint density at radius 1 is 0.913 bits per heavy atom. The highest BCUT2D eigenvalue weighted by molar-refractivity contribution is 5.27. The van der Waals surface area contributed by atoms with Crippen LogP contribution in [0.15, 0.2) is 54.6 Å². The van der Waals surface area contributed by atoms with E-state index < -0.39 is 0 Å². The molecule has 2 atom stereocenters. The van der Waals surface area contributed by atoms with Crippen molar-refractivity contribution in [3.05, 3.63) is 71.3 Å². The molecule has 1 aliphatic carbocycles. The van der Waals surface area contributed by atoms with E-state index in [1.807, 2.05) is 0 Å². The van der Waals surface area contributed by atoms with Gasteiger partial charge in [0.2, 0.25) is 0 Å². The monoisotopic (exact) mass is 307 g/mol. The third-order valence-corrected chi connectivity index (χ3v) is 5.25. The average Bonchev–Trinajstić information content (AvgIpc) is 2.93. The zero-order chi connectivity index (χ0) is 16.1. The topological polar surface area (TPSA) is 26.0 Å². The van der Waals surface area contributed by atoms with Crippen molar-refractivity contribution in [1.82, 2.24) is 0 Å². The standard InChI is InChI=1S/C22H29N/c1-22(23)16-15-21(17-22)20-13-11-19(12-14-20)10-6-5-9-18-7-3-2-4-8-18/h2-4,7-8,11-14,21H,5-6,9-10,15-17,23H2,1H3/t21-,22+/m0/s1. The third-order valence-electron chi connectivity index (χ3n) is 5.25. The molecule has 0 amide bonds. The molecule has 0 aliphatic heterocycles. The van der Waals surface area contributed by atoms with Gasteiger partial charge in [-0.05, 0) is 74.5 Å². The summed E-state index contributed by atoms with van der Waals surface area (Å²) in [4.78, 5) is 0. The summed E-state index contributed by atoms with van der Waals surface area (Å²) in [5.41, 5.74) is 10.7. The van der Waals surface area contributed by atoms with Gasteiger partial charge in [-0.1, -0.05) is 54.6 Å². The van der Waals surface area contributed by atoms with Crippen LogP contribution in [0.5, 0.6) is 0 Å². The summed E-state index contributed by atoms with van der Waals surface area (Å²) >= 11 is 0. The Balaban J connectivity index is 1.45. The molecule has 1 saturated carbocycles. The van der Waals surface area contributed by atoms with Crippen LogP contribution in [0, 0.1) is 0 Å². The molecule has 0 radical (unpaired) electrons. The van der Waals surface area contributed by atoms with Gasteiger partial charge >= 0.3 is 0 Å². The second-order valence-corrected chi connectivity index (χ2v) is 7.53. The highest BCUT2D eigenvalue weighted by Gasteiger charge is 2.32. The van der Waals surface area contributed by atoms with Gasteiger partial charge in [0.1, 0.15) is 0 Å². The van der Waals surface area contributed by atoms with E-state index in [1.54, 1.807) is 0 Å². The molecule has 2 aromatic rings. The van der Waals surface area contributed by atoms with Gasteiger partial charge in [0.25, 0.3) is 0 Å². The van der Waals surface area contributed by atoms with Crippen LogP contribution in [0.4, 0.5) is 0 Å². The Hall–Kier alpha value is -1.60. The lowest BCUT2D eigenvalue weighted by Crippen LogP contribution is -2.32. The van der Waals surface area contributed by atoms with Crippen LogP contribution in [0.3, 0.4) is 0 Å². The van der Waals surface area contributed by atoms with Crippen LogP contribution >= 0.6 is 0 Å². The quantitative estimate of drug-likeness (QED) is 0.726. The van der Waals surface area contributed by atoms with Crippen LogP contribution in [0.1, 0.15) is 61.6 Å². The second kappa shape index (κ2) is 7.31. The molecule has 122 valence electrons. The minimum atomic E-state index is 0.0424. The minimum Gasteiger partial charge on any atom is -0.325 e. The van der Waals surface area contributed by atoms with Crippen molar-refractivity contribution in [2.24, 2.45) is 5.73 Å². The van der Waals surface area contributed by atoms with E-state index in [0.717, 1.165) is 12.8 Å². The molecule has 0 bridgehead atoms. The smallest absolute Gasteiger partial charge is 0.0131 e. The number of rotatable bonds is 6. The maximum Gasteiger partial charge on any atom is 0.0131 e. The Labute approximate surface area is 140 Å². The van der Waals surface area contributed by atoms with Gasteiger partial charge < -0.3 is 5.73 Å². The summed E-state index contributed by atoms with van der Waals surface area (Å²) in [6.45, 7) is 2.19. The molecule has 0 saturated heterocycles. The number of unbranched alkanes of at least 4 members (excludes halogenated alkanes) is 1. The number of hydrogen-bond donors (Lipinski definition) is 1. The van der Waals surface area contributed by atoms with Crippen molar-refractivity contribution >= 4 is 0 Å². The van der Waals surface area contributed by atoms with Gasteiger partial charge in [0, 0.05) is 5.54 Å². The highest BCUT2D eigenvalue weighted by Crippen LogP contribution is 2.39. The Bertz CT molecular complexity index is 598. The zero-order valence-electron chi connectivity index (χ0n) is 14.3. The molecule has 3 rings (SSSR count). The molecule has 2 N–H and O–H groups in total. The molecule has 1 aliphatic rings. The van der Waals surface area contributed by atoms with Crippen molar-refractivity contribution in [1.29, 1.82) is 0 Å². The third kappa shape index (κ3) is 4.68. The van der Waals surface area contributed by atoms with Gasteiger partial charge in [0.05, 0.1) is 0 Å². The average molecular weight is 307 g/mol. The molecule has 0 unspecified atom stereocenters. The Morgan fingerprint density at radius 3 is 2.09 bits per heavy atom. The first kappa shape index (κ1) is 16.3. The van der Waals surface area contributed by atoms with E-state index in [1.165, 1.54) is 48.8 Å².